The number of ether oxygens (including phenoxy) is 2. The summed E-state index contributed by atoms with van der Waals surface area (Å²) < 4.78 is 11.4. The number of thiazole rings is 1. The van der Waals surface area contributed by atoms with Gasteiger partial charge < -0.3 is 9.47 Å². The van der Waals surface area contributed by atoms with Crippen LogP contribution in [0.4, 0.5) is 0 Å². The van der Waals surface area contributed by atoms with Crippen LogP contribution in [0.2, 0.25) is 0 Å². The molecule has 132 valence electrons. The molecule has 0 atom stereocenters. The SMILES string of the molecule is CCOC(=O)/C=C/C(=O)OCc1cc(=O)n2c3c(sc2n1)CCCC3. The largest absolute Gasteiger partial charge is 0.463 e. The number of hydrogen-bond acceptors (Lipinski definition) is 7. The van der Waals surface area contributed by atoms with E-state index in [1.165, 1.54) is 22.3 Å². The van der Waals surface area contributed by atoms with Crippen LogP contribution in [0, 0.1) is 0 Å². The molecule has 0 aromatic carbocycles. The highest BCUT2D eigenvalue weighted by Crippen LogP contribution is 2.28. The van der Waals surface area contributed by atoms with Crippen LogP contribution in [0.5, 0.6) is 0 Å². The van der Waals surface area contributed by atoms with Crippen LogP contribution in [0.1, 0.15) is 36.0 Å². The fourth-order valence-electron chi connectivity index (χ4n) is 2.74. The van der Waals surface area contributed by atoms with Crippen molar-refractivity contribution in [2.24, 2.45) is 0 Å². The molecule has 2 aromatic rings. The van der Waals surface area contributed by atoms with Gasteiger partial charge in [0.25, 0.3) is 5.56 Å². The zero-order chi connectivity index (χ0) is 17.8. The smallest absolute Gasteiger partial charge is 0.331 e. The number of carbonyl (C=O) groups is 2. The van der Waals surface area contributed by atoms with E-state index in [1.54, 1.807) is 11.3 Å². The van der Waals surface area contributed by atoms with Crippen LogP contribution in [0.15, 0.2) is 23.0 Å². The van der Waals surface area contributed by atoms with Crippen molar-refractivity contribution in [2.45, 2.75) is 39.2 Å². The molecule has 2 aromatic heterocycles. The first-order chi connectivity index (χ1) is 12.1. The summed E-state index contributed by atoms with van der Waals surface area (Å²) >= 11 is 1.52. The van der Waals surface area contributed by atoms with Gasteiger partial charge in [0, 0.05) is 28.8 Å². The Labute approximate surface area is 147 Å². The van der Waals surface area contributed by atoms with Crippen molar-refractivity contribution in [3.05, 3.63) is 44.8 Å². The van der Waals surface area contributed by atoms with Crippen molar-refractivity contribution in [1.29, 1.82) is 0 Å². The van der Waals surface area contributed by atoms with Gasteiger partial charge in [0.15, 0.2) is 4.96 Å². The number of nitrogens with zero attached hydrogens (tertiary/aromatic N) is 2. The molecule has 0 saturated carbocycles. The van der Waals surface area contributed by atoms with Gasteiger partial charge in [-0.2, -0.15) is 0 Å². The summed E-state index contributed by atoms with van der Waals surface area (Å²) in [6.07, 6.45) is 6.08. The minimum absolute atomic E-state index is 0.125. The van der Waals surface area contributed by atoms with Crippen LogP contribution in [-0.2, 0) is 38.5 Å². The summed E-state index contributed by atoms with van der Waals surface area (Å²) in [4.78, 5) is 41.4. The van der Waals surface area contributed by atoms with E-state index < -0.39 is 11.9 Å². The maximum atomic E-state index is 12.4. The van der Waals surface area contributed by atoms with Gasteiger partial charge in [0.05, 0.1) is 12.3 Å². The van der Waals surface area contributed by atoms with E-state index in [9.17, 15) is 14.4 Å². The van der Waals surface area contributed by atoms with Crippen LogP contribution >= 0.6 is 11.3 Å². The van der Waals surface area contributed by atoms with Gasteiger partial charge in [-0.3, -0.25) is 9.20 Å². The zero-order valence-corrected chi connectivity index (χ0v) is 14.6. The molecule has 0 unspecified atom stereocenters. The first-order valence-electron chi connectivity index (χ1n) is 8.13. The highest BCUT2D eigenvalue weighted by Gasteiger charge is 2.18. The van der Waals surface area contributed by atoms with Crippen molar-refractivity contribution in [3.63, 3.8) is 0 Å². The van der Waals surface area contributed by atoms with Crippen LogP contribution in [-0.4, -0.2) is 27.9 Å². The molecule has 0 N–H and O–H groups in total. The molecule has 0 amide bonds. The average Bonchev–Trinajstić information content (AvgIpc) is 2.97. The van der Waals surface area contributed by atoms with Gasteiger partial charge >= 0.3 is 11.9 Å². The number of aromatic nitrogens is 2. The van der Waals surface area contributed by atoms with Crippen LogP contribution < -0.4 is 5.56 Å². The molecule has 8 heteroatoms. The molecule has 0 radical (unpaired) electrons. The molecular formula is C17H18N2O5S. The second-order valence-corrected chi connectivity index (χ2v) is 6.64. The fraction of sp³-hybridized carbons (Fsp3) is 0.412. The highest BCUT2D eigenvalue weighted by molar-refractivity contribution is 7.17. The maximum absolute atomic E-state index is 12.4. The second-order valence-electron chi connectivity index (χ2n) is 5.58. The van der Waals surface area contributed by atoms with Gasteiger partial charge in [0.1, 0.15) is 6.61 Å². The highest BCUT2D eigenvalue weighted by atomic mass is 32.1. The zero-order valence-electron chi connectivity index (χ0n) is 13.8. The first-order valence-corrected chi connectivity index (χ1v) is 8.95. The Morgan fingerprint density at radius 3 is 2.72 bits per heavy atom. The van der Waals surface area contributed by atoms with E-state index in [0.717, 1.165) is 43.5 Å². The Morgan fingerprint density at radius 2 is 1.96 bits per heavy atom. The lowest BCUT2D eigenvalue weighted by molar-refractivity contribution is -0.141. The van der Waals surface area contributed by atoms with Gasteiger partial charge in [0.2, 0.25) is 0 Å². The molecule has 0 fully saturated rings. The number of rotatable bonds is 5. The Bertz CT molecular complexity index is 896. The standard InChI is InChI=1S/C17H18N2O5S/c1-2-23-15(21)7-8-16(22)24-10-11-9-14(20)19-12-5-3-4-6-13(12)25-17(19)18-11/h7-9H,2-6,10H2,1H3/b8-7+. The fourth-order valence-corrected chi connectivity index (χ4v) is 3.97. The van der Waals surface area contributed by atoms with E-state index >= 15 is 0 Å². The molecule has 7 nitrogen and oxygen atoms in total. The van der Waals surface area contributed by atoms with E-state index in [-0.39, 0.29) is 18.8 Å². The van der Waals surface area contributed by atoms with Crippen molar-refractivity contribution in [3.8, 4) is 0 Å². The quantitative estimate of drug-likeness (QED) is 0.595. The summed E-state index contributed by atoms with van der Waals surface area (Å²) in [5.41, 5.74) is 1.30. The number of aryl methyl sites for hydroxylation is 2. The Kier molecular flexibility index (Phi) is 5.28. The average molecular weight is 362 g/mol. The van der Waals surface area contributed by atoms with E-state index in [1.807, 2.05) is 0 Å². The number of esters is 2. The topological polar surface area (TPSA) is 87.0 Å². The molecule has 25 heavy (non-hydrogen) atoms. The maximum Gasteiger partial charge on any atom is 0.331 e. The monoisotopic (exact) mass is 362 g/mol. The number of carbonyl (C=O) groups excluding carboxylic acids is 2. The minimum Gasteiger partial charge on any atom is -0.463 e. The third-order valence-corrected chi connectivity index (χ3v) is 4.96. The third kappa shape index (κ3) is 3.96. The molecule has 1 aliphatic rings. The molecule has 0 spiro atoms. The Hall–Kier alpha value is -2.48. The van der Waals surface area contributed by atoms with Gasteiger partial charge in [-0.05, 0) is 32.6 Å². The molecule has 1 aliphatic carbocycles. The molecule has 0 aliphatic heterocycles. The second kappa shape index (κ2) is 7.60. The van der Waals surface area contributed by atoms with Gasteiger partial charge in [-0.15, -0.1) is 11.3 Å². The molecule has 0 bridgehead atoms. The molecule has 2 heterocycles. The lowest BCUT2D eigenvalue weighted by Crippen LogP contribution is -2.18. The summed E-state index contributed by atoms with van der Waals surface area (Å²) in [7, 11) is 0. The van der Waals surface area contributed by atoms with Gasteiger partial charge in [-0.25, -0.2) is 14.6 Å². The lowest BCUT2D eigenvalue weighted by Gasteiger charge is -2.10. The summed E-state index contributed by atoms with van der Waals surface area (Å²) in [5, 5.41) is 0. The van der Waals surface area contributed by atoms with E-state index in [0.29, 0.717) is 10.7 Å². The summed E-state index contributed by atoms with van der Waals surface area (Å²) in [5.74, 6) is -1.30. The minimum atomic E-state index is -0.694. The van der Waals surface area contributed by atoms with Crippen molar-refractivity contribution in [1.82, 2.24) is 9.38 Å². The van der Waals surface area contributed by atoms with E-state index in [2.05, 4.69) is 9.72 Å². The predicted octanol–water partition coefficient (Wildman–Crippen LogP) is 1.80. The number of fused-ring (bicyclic) bond motifs is 3. The summed E-state index contributed by atoms with van der Waals surface area (Å²) in [6.45, 7) is 1.78. The van der Waals surface area contributed by atoms with Crippen LogP contribution in [0.3, 0.4) is 0 Å². The predicted molar refractivity (Wildman–Crippen MR) is 91.6 cm³/mol. The molecule has 0 saturated heterocycles. The van der Waals surface area contributed by atoms with Crippen molar-refractivity contribution >= 4 is 28.2 Å². The van der Waals surface area contributed by atoms with Crippen molar-refractivity contribution in [2.75, 3.05) is 6.61 Å². The first kappa shape index (κ1) is 17.3. The van der Waals surface area contributed by atoms with Gasteiger partial charge in [-0.1, -0.05) is 0 Å². The Morgan fingerprint density at radius 1 is 1.24 bits per heavy atom. The molecule has 3 rings (SSSR count). The number of hydrogen-bond donors (Lipinski definition) is 0. The normalized spacial score (nSPS) is 13.8. The van der Waals surface area contributed by atoms with Crippen LogP contribution in [0.25, 0.3) is 4.96 Å². The molecular weight excluding hydrogens is 344 g/mol. The summed E-state index contributed by atoms with van der Waals surface area (Å²) in [6, 6.07) is 1.39. The van der Waals surface area contributed by atoms with E-state index in [4.69, 9.17) is 4.74 Å². The lowest BCUT2D eigenvalue weighted by atomic mass is 10.0. The Balaban J connectivity index is 1.71. The van der Waals surface area contributed by atoms with Crippen molar-refractivity contribution < 1.29 is 19.1 Å². The third-order valence-electron chi connectivity index (χ3n) is 3.82.